The molecule has 2 aromatic rings. The zero-order chi connectivity index (χ0) is 13.0. The van der Waals surface area contributed by atoms with Crippen molar-refractivity contribution in [2.45, 2.75) is 26.6 Å². The molecule has 3 N–H and O–H groups in total. The third-order valence-electron chi connectivity index (χ3n) is 3.05. The lowest BCUT2D eigenvalue weighted by atomic mass is 10.1. The molecule has 0 aliphatic rings. The van der Waals surface area contributed by atoms with E-state index in [0.29, 0.717) is 0 Å². The van der Waals surface area contributed by atoms with Gasteiger partial charge >= 0.3 is 0 Å². The van der Waals surface area contributed by atoms with Crippen LogP contribution in [0.3, 0.4) is 0 Å². The molecule has 0 fully saturated rings. The van der Waals surface area contributed by atoms with Crippen LogP contribution in [0.15, 0.2) is 48.5 Å². The van der Waals surface area contributed by atoms with Gasteiger partial charge in [-0.15, -0.1) is 0 Å². The quantitative estimate of drug-likeness (QED) is 0.806. The van der Waals surface area contributed by atoms with E-state index in [1.165, 1.54) is 16.7 Å². The summed E-state index contributed by atoms with van der Waals surface area (Å²) in [5.74, 6) is 0. The lowest BCUT2D eigenvalue weighted by molar-refractivity contribution is 0.552. The molecule has 2 rings (SSSR count). The number of benzene rings is 2. The van der Waals surface area contributed by atoms with E-state index < -0.39 is 0 Å². The molecular formula is C16H20N2. The largest absolute Gasteiger partial charge is 0.312 e. The van der Waals surface area contributed by atoms with Crippen molar-refractivity contribution in [2.24, 2.45) is 5.73 Å². The first-order valence-corrected chi connectivity index (χ1v) is 6.26. The third kappa shape index (κ3) is 3.42. The third-order valence-corrected chi connectivity index (χ3v) is 3.05. The Kier molecular flexibility index (Phi) is 4.13. The van der Waals surface area contributed by atoms with Crippen LogP contribution in [0.25, 0.3) is 0 Å². The summed E-state index contributed by atoms with van der Waals surface area (Å²) in [7, 11) is 0. The van der Waals surface area contributed by atoms with Gasteiger partial charge in [-0.05, 0) is 25.0 Å². The van der Waals surface area contributed by atoms with Crippen LogP contribution in [0, 0.1) is 13.8 Å². The Bertz CT molecular complexity index is 503. The summed E-state index contributed by atoms with van der Waals surface area (Å²) in [6, 6.07) is 16.8. The molecule has 2 aromatic carbocycles. The van der Waals surface area contributed by atoms with Crippen molar-refractivity contribution < 1.29 is 0 Å². The highest BCUT2D eigenvalue weighted by Gasteiger charge is 2.04. The van der Waals surface area contributed by atoms with Gasteiger partial charge in [0.25, 0.3) is 0 Å². The van der Waals surface area contributed by atoms with E-state index >= 15 is 0 Å². The van der Waals surface area contributed by atoms with Crippen LogP contribution in [-0.2, 0) is 6.54 Å². The van der Waals surface area contributed by atoms with Crippen LogP contribution < -0.4 is 11.1 Å². The van der Waals surface area contributed by atoms with E-state index in [1.807, 2.05) is 6.07 Å². The first kappa shape index (κ1) is 12.8. The molecule has 0 aliphatic heterocycles. The van der Waals surface area contributed by atoms with Crippen molar-refractivity contribution in [2.75, 3.05) is 0 Å². The maximum Gasteiger partial charge on any atom is 0.0812 e. The van der Waals surface area contributed by atoms with Crippen molar-refractivity contribution in [3.63, 3.8) is 0 Å². The SMILES string of the molecule is Cc1ccc(CNC(N)c2cccc(C)c2)cc1. The van der Waals surface area contributed by atoms with Crippen LogP contribution >= 0.6 is 0 Å². The van der Waals surface area contributed by atoms with Crippen molar-refractivity contribution in [1.29, 1.82) is 0 Å². The normalized spacial score (nSPS) is 12.4. The fraction of sp³-hybridized carbons (Fsp3) is 0.250. The zero-order valence-corrected chi connectivity index (χ0v) is 11.0. The van der Waals surface area contributed by atoms with Crippen LogP contribution in [0.4, 0.5) is 0 Å². The number of hydrogen-bond acceptors (Lipinski definition) is 2. The summed E-state index contributed by atoms with van der Waals surface area (Å²) < 4.78 is 0. The highest BCUT2D eigenvalue weighted by molar-refractivity contribution is 5.25. The van der Waals surface area contributed by atoms with Gasteiger partial charge in [0.2, 0.25) is 0 Å². The second kappa shape index (κ2) is 5.80. The monoisotopic (exact) mass is 240 g/mol. The summed E-state index contributed by atoms with van der Waals surface area (Å²) >= 11 is 0. The highest BCUT2D eigenvalue weighted by atomic mass is 15.0. The fourth-order valence-corrected chi connectivity index (χ4v) is 1.92. The van der Waals surface area contributed by atoms with E-state index in [-0.39, 0.29) is 6.17 Å². The minimum Gasteiger partial charge on any atom is -0.312 e. The van der Waals surface area contributed by atoms with Crippen molar-refractivity contribution in [1.82, 2.24) is 5.32 Å². The van der Waals surface area contributed by atoms with Gasteiger partial charge in [-0.1, -0.05) is 59.7 Å². The van der Waals surface area contributed by atoms with Crippen LogP contribution in [0.1, 0.15) is 28.4 Å². The van der Waals surface area contributed by atoms with E-state index in [0.717, 1.165) is 12.1 Å². The summed E-state index contributed by atoms with van der Waals surface area (Å²) in [5, 5.41) is 3.34. The minimum atomic E-state index is -0.119. The van der Waals surface area contributed by atoms with E-state index in [9.17, 15) is 0 Å². The van der Waals surface area contributed by atoms with Gasteiger partial charge in [0.05, 0.1) is 6.17 Å². The maximum absolute atomic E-state index is 6.13. The molecule has 2 heteroatoms. The average Bonchev–Trinajstić information content (AvgIpc) is 2.38. The molecule has 94 valence electrons. The molecule has 2 nitrogen and oxygen atoms in total. The molecule has 0 saturated heterocycles. The van der Waals surface area contributed by atoms with Gasteiger partial charge in [-0.25, -0.2) is 0 Å². The molecule has 0 spiro atoms. The standard InChI is InChI=1S/C16H20N2/c1-12-6-8-14(9-7-12)11-18-16(17)15-5-3-4-13(2)10-15/h3-10,16,18H,11,17H2,1-2H3. The molecule has 0 bridgehead atoms. The molecule has 0 heterocycles. The number of rotatable bonds is 4. The van der Waals surface area contributed by atoms with Gasteiger partial charge in [-0.2, -0.15) is 0 Å². The molecule has 0 aromatic heterocycles. The second-order valence-corrected chi connectivity index (χ2v) is 4.76. The first-order chi connectivity index (χ1) is 8.65. The predicted molar refractivity (Wildman–Crippen MR) is 76.1 cm³/mol. The Balaban J connectivity index is 1.96. The van der Waals surface area contributed by atoms with Crippen molar-refractivity contribution in [3.8, 4) is 0 Å². The Labute approximate surface area is 109 Å². The Morgan fingerprint density at radius 2 is 1.72 bits per heavy atom. The zero-order valence-electron chi connectivity index (χ0n) is 11.0. The first-order valence-electron chi connectivity index (χ1n) is 6.26. The Morgan fingerprint density at radius 3 is 2.39 bits per heavy atom. The van der Waals surface area contributed by atoms with Crippen molar-refractivity contribution in [3.05, 3.63) is 70.8 Å². The lowest BCUT2D eigenvalue weighted by Crippen LogP contribution is -2.28. The van der Waals surface area contributed by atoms with Gasteiger partial charge in [0.1, 0.15) is 0 Å². The molecule has 0 saturated carbocycles. The molecule has 0 amide bonds. The smallest absolute Gasteiger partial charge is 0.0812 e. The number of hydrogen-bond donors (Lipinski definition) is 2. The van der Waals surface area contributed by atoms with E-state index in [1.54, 1.807) is 0 Å². The number of nitrogens with one attached hydrogen (secondary N) is 1. The highest BCUT2D eigenvalue weighted by Crippen LogP contribution is 2.11. The van der Waals surface area contributed by atoms with Crippen molar-refractivity contribution >= 4 is 0 Å². The molecule has 0 aliphatic carbocycles. The van der Waals surface area contributed by atoms with E-state index in [4.69, 9.17) is 5.73 Å². The predicted octanol–water partition coefficient (Wildman–Crippen LogP) is 3.05. The second-order valence-electron chi connectivity index (χ2n) is 4.76. The molecular weight excluding hydrogens is 220 g/mol. The average molecular weight is 240 g/mol. The molecule has 1 unspecified atom stereocenters. The molecule has 18 heavy (non-hydrogen) atoms. The van der Waals surface area contributed by atoms with Crippen LogP contribution in [0.5, 0.6) is 0 Å². The molecule has 0 radical (unpaired) electrons. The van der Waals surface area contributed by atoms with Gasteiger partial charge in [0, 0.05) is 6.54 Å². The summed E-state index contributed by atoms with van der Waals surface area (Å²) in [6.45, 7) is 4.96. The van der Waals surface area contributed by atoms with Crippen LogP contribution in [-0.4, -0.2) is 0 Å². The van der Waals surface area contributed by atoms with E-state index in [2.05, 4.69) is 61.6 Å². The van der Waals surface area contributed by atoms with Gasteiger partial charge < -0.3 is 5.73 Å². The Morgan fingerprint density at radius 1 is 1.00 bits per heavy atom. The minimum absolute atomic E-state index is 0.119. The number of nitrogens with two attached hydrogens (primary N) is 1. The maximum atomic E-state index is 6.13. The lowest BCUT2D eigenvalue weighted by Gasteiger charge is -2.15. The Hall–Kier alpha value is -1.64. The van der Waals surface area contributed by atoms with Gasteiger partial charge in [0.15, 0.2) is 0 Å². The molecule has 1 atom stereocenters. The summed E-state index contributed by atoms with van der Waals surface area (Å²) in [4.78, 5) is 0. The number of aryl methyl sites for hydroxylation is 2. The topological polar surface area (TPSA) is 38.0 Å². The fourth-order valence-electron chi connectivity index (χ4n) is 1.92. The van der Waals surface area contributed by atoms with Gasteiger partial charge in [-0.3, -0.25) is 5.32 Å². The summed E-state index contributed by atoms with van der Waals surface area (Å²) in [5.41, 5.74) is 11.0. The summed E-state index contributed by atoms with van der Waals surface area (Å²) in [6.07, 6.45) is -0.119. The van der Waals surface area contributed by atoms with Crippen LogP contribution in [0.2, 0.25) is 0 Å².